The van der Waals surface area contributed by atoms with Gasteiger partial charge in [0.25, 0.3) is 15.9 Å². The van der Waals surface area contributed by atoms with Gasteiger partial charge in [0, 0.05) is 12.7 Å². The summed E-state index contributed by atoms with van der Waals surface area (Å²) in [4.78, 5) is 14.5. The molecule has 7 heteroatoms. The molecule has 0 saturated heterocycles. The van der Waals surface area contributed by atoms with Crippen molar-refractivity contribution in [3.8, 4) is 11.5 Å². The zero-order valence-corrected chi connectivity index (χ0v) is 15.2. The van der Waals surface area contributed by atoms with Crippen LogP contribution in [0.15, 0.2) is 77.7 Å². The van der Waals surface area contributed by atoms with Gasteiger partial charge in [-0.05, 0) is 42.5 Å². The van der Waals surface area contributed by atoms with Crippen LogP contribution in [0.5, 0.6) is 11.5 Å². The first-order valence-corrected chi connectivity index (χ1v) is 9.71. The van der Waals surface area contributed by atoms with E-state index in [1.165, 1.54) is 23.1 Å². The second-order valence-electron chi connectivity index (χ2n) is 6.06. The van der Waals surface area contributed by atoms with E-state index in [0.29, 0.717) is 17.2 Å². The number of carbonyl (C=O) groups excluding carboxylic acids is 1. The van der Waals surface area contributed by atoms with E-state index in [-0.39, 0.29) is 22.1 Å². The normalized spacial score (nSPS) is 13.2. The van der Waals surface area contributed by atoms with Crippen LogP contribution in [-0.2, 0) is 10.0 Å². The Morgan fingerprint density at radius 3 is 2.37 bits per heavy atom. The Bertz CT molecular complexity index is 1130. The number of carbonyl (C=O) groups is 1. The highest BCUT2D eigenvalue weighted by atomic mass is 32.2. The fourth-order valence-corrected chi connectivity index (χ4v) is 3.96. The summed E-state index contributed by atoms with van der Waals surface area (Å²) in [7, 11) is -2.10. The van der Waals surface area contributed by atoms with Crippen LogP contribution in [0.3, 0.4) is 0 Å². The van der Waals surface area contributed by atoms with E-state index >= 15 is 0 Å². The first-order chi connectivity index (χ1) is 13.0. The molecule has 0 saturated carbocycles. The van der Waals surface area contributed by atoms with Gasteiger partial charge in [0.15, 0.2) is 5.75 Å². The van der Waals surface area contributed by atoms with Crippen molar-refractivity contribution in [3.05, 3.63) is 78.4 Å². The highest BCUT2D eigenvalue weighted by molar-refractivity contribution is 7.92. The number of rotatable bonds is 3. The molecule has 3 aromatic rings. The molecule has 0 radical (unpaired) electrons. The first-order valence-electron chi connectivity index (χ1n) is 8.22. The highest BCUT2D eigenvalue weighted by Crippen LogP contribution is 2.39. The van der Waals surface area contributed by atoms with Gasteiger partial charge in [-0.25, -0.2) is 8.42 Å². The van der Waals surface area contributed by atoms with Crippen molar-refractivity contribution in [2.24, 2.45) is 0 Å². The molecular formula is C20H16N2O4S. The monoisotopic (exact) mass is 380 g/mol. The molecule has 1 aliphatic heterocycles. The van der Waals surface area contributed by atoms with E-state index in [1.54, 1.807) is 49.5 Å². The number of fused-ring (bicyclic) bond motifs is 2. The smallest absolute Gasteiger partial charge is 0.261 e. The van der Waals surface area contributed by atoms with E-state index in [9.17, 15) is 13.2 Å². The van der Waals surface area contributed by atoms with Crippen molar-refractivity contribution in [1.82, 2.24) is 0 Å². The molecular weight excluding hydrogens is 364 g/mol. The Morgan fingerprint density at radius 1 is 0.889 bits per heavy atom. The van der Waals surface area contributed by atoms with Crippen molar-refractivity contribution >= 4 is 27.3 Å². The lowest BCUT2D eigenvalue weighted by Crippen LogP contribution is -2.25. The summed E-state index contributed by atoms with van der Waals surface area (Å²) in [6.07, 6.45) is 0. The predicted molar refractivity (Wildman–Crippen MR) is 103 cm³/mol. The standard InChI is InChI=1S/C20H16N2O4S/c1-22-17-9-5-6-10-19(17)26-18-12-11-14(13-16(18)20(22)23)21-27(24,25)15-7-3-2-4-8-15/h2-13,21H,1H3. The summed E-state index contributed by atoms with van der Waals surface area (Å²) in [5.74, 6) is 0.653. The molecule has 4 rings (SSSR count). The van der Waals surface area contributed by atoms with E-state index in [0.717, 1.165) is 0 Å². The van der Waals surface area contributed by atoms with Crippen LogP contribution < -0.4 is 14.4 Å². The number of hydrogen-bond acceptors (Lipinski definition) is 4. The Kier molecular flexibility index (Phi) is 4.08. The lowest BCUT2D eigenvalue weighted by molar-refractivity contribution is 0.0993. The third-order valence-electron chi connectivity index (χ3n) is 4.27. The van der Waals surface area contributed by atoms with Gasteiger partial charge in [0.2, 0.25) is 0 Å². The summed E-state index contributed by atoms with van der Waals surface area (Å²) >= 11 is 0. The zero-order valence-electron chi connectivity index (χ0n) is 14.4. The molecule has 27 heavy (non-hydrogen) atoms. The molecule has 0 fully saturated rings. The molecule has 1 heterocycles. The number of nitrogens with zero attached hydrogens (tertiary/aromatic N) is 1. The molecule has 0 bridgehead atoms. The molecule has 6 nitrogen and oxygen atoms in total. The number of benzene rings is 3. The topological polar surface area (TPSA) is 75.7 Å². The van der Waals surface area contributed by atoms with E-state index in [4.69, 9.17) is 4.74 Å². The minimum atomic E-state index is -3.75. The molecule has 0 aliphatic carbocycles. The van der Waals surface area contributed by atoms with E-state index in [1.807, 2.05) is 12.1 Å². The Balaban J connectivity index is 1.72. The van der Waals surface area contributed by atoms with Crippen LogP contribution in [0.25, 0.3) is 0 Å². The number of anilines is 2. The highest BCUT2D eigenvalue weighted by Gasteiger charge is 2.26. The van der Waals surface area contributed by atoms with Crippen molar-refractivity contribution in [3.63, 3.8) is 0 Å². The maximum absolute atomic E-state index is 12.9. The summed E-state index contributed by atoms with van der Waals surface area (Å²) < 4.78 is 33.4. The van der Waals surface area contributed by atoms with E-state index < -0.39 is 10.0 Å². The average molecular weight is 380 g/mol. The minimum Gasteiger partial charge on any atom is -0.454 e. The molecule has 136 valence electrons. The van der Waals surface area contributed by atoms with Gasteiger partial charge in [0.05, 0.1) is 16.1 Å². The van der Waals surface area contributed by atoms with Crippen molar-refractivity contribution < 1.29 is 17.9 Å². The van der Waals surface area contributed by atoms with Crippen molar-refractivity contribution in [1.29, 1.82) is 0 Å². The SMILES string of the molecule is CN1C(=O)c2cc(NS(=O)(=O)c3ccccc3)ccc2Oc2ccccc21. The van der Waals surface area contributed by atoms with Crippen LogP contribution >= 0.6 is 0 Å². The molecule has 1 N–H and O–H groups in total. The number of sulfonamides is 1. The number of hydrogen-bond donors (Lipinski definition) is 1. The largest absolute Gasteiger partial charge is 0.454 e. The zero-order chi connectivity index (χ0) is 19.0. The molecule has 0 aromatic heterocycles. The average Bonchev–Trinajstić information content (AvgIpc) is 2.78. The number of amides is 1. The Hall–Kier alpha value is -3.32. The lowest BCUT2D eigenvalue weighted by atomic mass is 10.1. The fourth-order valence-electron chi connectivity index (χ4n) is 2.89. The maximum Gasteiger partial charge on any atom is 0.261 e. The van der Waals surface area contributed by atoms with Crippen LogP contribution in [0.1, 0.15) is 10.4 Å². The molecule has 0 unspecified atom stereocenters. The quantitative estimate of drug-likeness (QED) is 0.748. The van der Waals surface area contributed by atoms with Gasteiger partial charge in [0.1, 0.15) is 5.75 Å². The number of ether oxygens (including phenoxy) is 1. The van der Waals surface area contributed by atoms with Gasteiger partial charge in [-0.3, -0.25) is 9.52 Å². The van der Waals surface area contributed by atoms with Crippen molar-refractivity contribution in [2.45, 2.75) is 4.90 Å². The van der Waals surface area contributed by atoms with Gasteiger partial charge >= 0.3 is 0 Å². The molecule has 3 aromatic carbocycles. The Labute approximate surface area is 157 Å². The summed E-state index contributed by atoms with van der Waals surface area (Å²) in [6, 6.07) is 19.9. The molecule has 1 amide bonds. The van der Waals surface area contributed by atoms with Crippen LogP contribution in [0.4, 0.5) is 11.4 Å². The second-order valence-corrected chi connectivity index (χ2v) is 7.75. The maximum atomic E-state index is 12.9. The van der Waals surface area contributed by atoms with Gasteiger partial charge in [-0.2, -0.15) is 0 Å². The minimum absolute atomic E-state index is 0.145. The second kappa shape index (κ2) is 6.44. The van der Waals surface area contributed by atoms with Crippen LogP contribution in [-0.4, -0.2) is 21.4 Å². The first kappa shape index (κ1) is 17.1. The molecule has 0 atom stereocenters. The number of para-hydroxylation sites is 2. The Morgan fingerprint density at radius 2 is 1.59 bits per heavy atom. The molecule has 0 spiro atoms. The third kappa shape index (κ3) is 3.13. The number of nitrogens with one attached hydrogen (secondary N) is 1. The van der Waals surface area contributed by atoms with Gasteiger partial charge in [-0.1, -0.05) is 30.3 Å². The van der Waals surface area contributed by atoms with Gasteiger partial charge in [-0.15, -0.1) is 0 Å². The lowest BCUT2D eigenvalue weighted by Gasteiger charge is -2.16. The summed E-state index contributed by atoms with van der Waals surface area (Å²) in [6.45, 7) is 0. The van der Waals surface area contributed by atoms with Crippen molar-refractivity contribution in [2.75, 3.05) is 16.7 Å². The third-order valence-corrected chi connectivity index (χ3v) is 5.66. The van der Waals surface area contributed by atoms with Crippen LogP contribution in [0.2, 0.25) is 0 Å². The summed E-state index contributed by atoms with van der Waals surface area (Å²) in [5.41, 5.74) is 1.21. The van der Waals surface area contributed by atoms with Crippen LogP contribution in [0, 0.1) is 0 Å². The predicted octanol–water partition coefficient (Wildman–Crippen LogP) is 3.87. The molecule has 1 aliphatic rings. The summed E-state index contributed by atoms with van der Waals surface area (Å²) in [5, 5.41) is 0. The van der Waals surface area contributed by atoms with Gasteiger partial charge < -0.3 is 9.64 Å². The van der Waals surface area contributed by atoms with E-state index in [2.05, 4.69) is 4.72 Å². The fraction of sp³-hybridized carbons (Fsp3) is 0.0500.